The molecule has 1 amide bonds. The monoisotopic (exact) mass is 527 g/mol. The van der Waals surface area contributed by atoms with E-state index in [2.05, 4.69) is 22.5 Å². The van der Waals surface area contributed by atoms with Gasteiger partial charge in [-0.1, -0.05) is 30.2 Å². The molecule has 1 fully saturated rings. The smallest absolute Gasteiger partial charge is 0.416 e. The van der Waals surface area contributed by atoms with Crippen molar-refractivity contribution in [2.75, 3.05) is 0 Å². The lowest BCUT2D eigenvalue weighted by atomic mass is 10.00. The molecule has 2 aliphatic rings. The van der Waals surface area contributed by atoms with Crippen molar-refractivity contribution in [3.63, 3.8) is 0 Å². The van der Waals surface area contributed by atoms with Gasteiger partial charge in [-0.2, -0.15) is 13.2 Å². The van der Waals surface area contributed by atoms with E-state index in [1.807, 2.05) is 0 Å². The molecular formula is C28H28F3N3O4. The number of carboxylic acids is 1. The third-order valence-corrected chi connectivity index (χ3v) is 6.37. The average Bonchev–Trinajstić information content (AvgIpc) is 3.63. The van der Waals surface area contributed by atoms with Crippen LogP contribution < -0.4 is 10.6 Å². The summed E-state index contributed by atoms with van der Waals surface area (Å²) in [7, 11) is 0. The van der Waals surface area contributed by atoms with Crippen LogP contribution in [0, 0.1) is 17.8 Å². The third-order valence-electron chi connectivity index (χ3n) is 6.37. The predicted octanol–water partition coefficient (Wildman–Crippen LogP) is 3.85. The van der Waals surface area contributed by atoms with E-state index in [0.29, 0.717) is 16.8 Å². The lowest BCUT2D eigenvalue weighted by Gasteiger charge is -2.38. The molecular weight excluding hydrogens is 499 g/mol. The first-order valence-corrected chi connectivity index (χ1v) is 12.1. The van der Waals surface area contributed by atoms with E-state index >= 15 is 0 Å². The van der Waals surface area contributed by atoms with Crippen molar-refractivity contribution in [1.29, 1.82) is 0 Å². The van der Waals surface area contributed by atoms with Gasteiger partial charge in [0.25, 0.3) is 5.91 Å². The Balaban J connectivity index is 1.60. The number of carbonyl (C=O) groups is 2. The molecule has 1 unspecified atom stereocenters. The van der Waals surface area contributed by atoms with E-state index < -0.39 is 29.0 Å². The van der Waals surface area contributed by atoms with Crippen LogP contribution in [0.25, 0.3) is 0 Å². The summed E-state index contributed by atoms with van der Waals surface area (Å²) in [6.45, 7) is 3.36. The summed E-state index contributed by atoms with van der Waals surface area (Å²) in [5.41, 5.74) is -1.43. The van der Waals surface area contributed by atoms with Crippen molar-refractivity contribution in [3.8, 4) is 11.8 Å². The first-order valence-electron chi connectivity index (χ1n) is 12.1. The molecule has 0 radical (unpaired) electrons. The van der Waals surface area contributed by atoms with Crippen molar-refractivity contribution in [1.82, 2.24) is 15.5 Å². The van der Waals surface area contributed by atoms with Gasteiger partial charge in [0.2, 0.25) is 0 Å². The van der Waals surface area contributed by atoms with Crippen LogP contribution in [0.15, 0.2) is 60.4 Å². The zero-order valence-electron chi connectivity index (χ0n) is 20.9. The zero-order chi connectivity index (χ0) is 27.7. The number of benzene rings is 2. The Hall–Kier alpha value is -3.97. The highest BCUT2D eigenvalue weighted by Gasteiger charge is 2.57. The van der Waals surface area contributed by atoms with Crippen molar-refractivity contribution in [2.45, 2.75) is 57.2 Å². The Labute approximate surface area is 218 Å². The Bertz CT molecular complexity index is 1300. The number of aromatic carboxylic acids is 1. The number of rotatable bonds is 7. The molecule has 1 aliphatic carbocycles. The second kappa shape index (κ2) is 10.1. The van der Waals surface area contributed by atoms with Gasteiger partial charge in [0.05, 0.1) is 11.1 Å². The number of hydrogen-bond acceptors (Lipinski definition) is 5. The predicted molar refractivity (Wildman–Crippen MR) is 133 cm³/mol. The van der Waals surface area contributed by atoms with Gasteiger partial charge < -0.3 is 25.7 Å². The summed E-state index contributed by atoms with van der Waals surface area (Å²) in [4.78, 5) is 26.6. The highest BCUT2D eigenvalue weighted by Crippen LogP contribution is 2.45. The molecule has 200 valence electrons. The van der Waals surface area contributed by atoms with E-state index in [1.165, 1.54) is 38.1 Å². The maximum atomic E-state index is 13.7. The molecule has 0 bridgehead atoms. The quantitative estimate of drug-likeness (QED) is 0.408. The molecule has 7 nitrogen and oxygen atoms in total. The van der Waals surface area contributed by atoms with Gasteiger partial charge in [0, 0.05) is 25.2 Å². The molecule has 0 spiro atoms. The maximum absolute atomic E-state index is 13.7. The van der Waals surface area contributed by atoms with Crippen molar-refractivity contribution in [2.24, 2.45) is 5.92 Å². The summed E-state index contributed by atoms with van der Waals surface area (Å²) in [6.07, 6.45) is -1.27. The zero-order valence-corrected chi connectivity index (χ0v) is 20.9. The first kappa shape index (κ1) is 27.1. The summed E-state index contributed by atoms with van der Waals surface area (Å²) in [5.74, 6) is 4.13. The minimum atomic E-state index is -4.45. The van der Waals surface area contributed by atoms with E-state index in [1.54, 1.807) is 23.2 Å². The van der Waals surface area contributed by atoms with Crippen LogP contribution >= 0.6 is 0 Å². The number of amides is 1. The minimum Gasteiger partial charge on any atom is -0.478 e. The van der Waals surface area contributed by atoms with E-state index in [4.69, 9.17) is 5.11 Å². The number of carboxylic acid groups (broad SMARTS) is 1. The maximum Gasteiger partial charge on any atom is 0.416 e. The number of hydrogen-bond donors (Lipinski definition) is 4. The van der Waals surface area contributed by atoms with Gasteiger partial charge in [0.15, 0.2) is 5.66 Å². The van der Waals surface area contributed by atoms with Crippen LogP contribution in [0.5, 0.6) is 0 Å². The summed E-state index contributed by atoms with van der Waals surface area (Å²) < 4.78 is 39.1. The molecule has 10 heteroatoms. The highest BCUT2D eigenvalue weighted by molar-refractivity contribution is 5.88. The standard InChI is InChI=1S/C28H28F3N3O4/c1-26(2,38)14-13-23-17-34(16-19-5-9-22(10-6-19)28(29,30)31)27(33-23,21-11-12-21)25(37)32-15-18-3-7-20(8-4-18)24(35)36/h3-10,17,21,33,38H,11-12,15-16H2,1-2H3,(H,32,37)(H,35,36). The number of halogens is 3. The lowest BCUT2D eigenvalue weighted by molar-refractivity contribution is -0.137. The molecule has 0 aromatic heterocycles. The van der Waals surface area contributed by atoms with Crippen LogP contribution in [-0.2, 0) is 24.1 Å². The molecule has 4 N–H and O–H groups in total. The Morgan fingerprint density at radius 1 is 1.08 bits per heavy atom. The van der Waals surface area contributed by atoms with Crippen LogP contribution in [0.4, 0.5) is 13.2 Å². The number of allylic oxidation sites excluding steroid dienone is 1. The highest BCUT2D eigenvalue weighted by atomic mass is 19.4. The topological polar surface area (TPSA) is 102 Å². The van der Waals surface area contributed by atoms with Crippen LogP contribution in [0.1, 0.15) is 53.7 Å². The van der Waals surface area contributed by atoms with Crippen LogP contribution in [0.2, 0.25) is 0 Å². The van der Waals surface area contributed by atoms with Crippen LogP contribution in [-0.4, -0.2) is 38.3 Å². The summed E-state index contributed by atoms with van der Waals surface area (Å²) in [5, 5.41) is 25.3. The van der Waals surface area contributed by atoms with Crippen molar-refractivity contribution in [3.05, 3.63) is 82.7 Å². The molecule has 1 aliphatic heterocycles. The number of nitrogens with zero attached hydrogens (tertiary/aromatic N) is 1. The molecule has 4 rings (SSSR count). The average molecular weight is 528 g/mol. The van der Waals surface area contributed by atoms with Gasteiger partial charge in [0.1, 0.15) is 11.3 Å². The largest absolute Gasteiger partial charge is 0.478 e. The minimum absolute atomic E-state index is 0.0796. The third kappa shape index (κ3) is 6.11. The van der Waals surface area contributed by atoms with Gasteiger partial charge in [-0.05, 0) is 68.0 Å². The van der Waals surface area contributed by atoms with E-state index in [-0.39, 0.29) is 30.5 Å². The Morgan fingerprint density at radius 3 is 2.21 bits per heavy atom. The van der Waals surface area contributed by atoms with Gasteiger partial charge in [-0.3, -0.25) is 4.79 Å². The Kier molecular flexibility index (Phi) is 7.17. The fourth-order valence-corrected chi connectivity index (χ4v) is 4.31. The molecule has 2 aromatic rings. The molecule has 38 heavy (non-hydrogen) atoms. The van der Waals surface area contributed by atoms with Crippen molar-refractivity contribution < 1.29 is 33.0 Å². The number of nitrogens with one attached hydrogen (secondary N) is 2. The molecule has 0 saturated heterocycles. The number of carbonyl (C=O) groups excluding carboxylic acids is 1. The SMILES string of the molecule is CC(C)(O)C#CC1=CN(Cc2ccc(C(F)(F)F)cc2)C(C(=O)NCc2ccc(C(=O)O)cc2)(C2CC2)N1. The normalized spacial score (nSPS) is 19.2. The first-order chi connectivity index (χ1) is 17.8. The van der Waals surface area contributed by atoms with Crippen LogP contribution in [0.3, 0.4) is 0 Å². The summed E-state index contributed by atoms with van der Waals surface area (Å²) >= 11 is 0. The van der Waals surface area contributed by atoms with Gasteiger partial charge in [-0.15, -0.1) is 0 Å². The fourth-order valence-electron chi connectivity index (χ4n) is 4.31. The lowest BCUT2D eigenvalue weighted by Crippen LogP contribution is -2.63. The fraction of sp³-hybridized carbons (Fsp3) is 0.357. The Morgan fingerprint density at radius 2 is 1.68 bits per heavy atom. The van der Waals surface area contributed by atoms with Crippen molar-refractivity contribution >= 4 is 11.9 Å². The molecule has 2 aromatic carbocycles. The van der Waals surface area contributed by atoms with Gasteiger partial charge >= 0.3 is 12.1 Å². The number of alkyl halides is 3. The number of aliphatic hydroxyl groups is 1. The van der Waals surface area contributed by atoms with E-state index in [9.17, 15) is 27.9 Å². The second-order valence-electron chi connectivity index (χ2n) is 10.0. The summed E-state index contributed by atoms with van der Waals surface area (Å²) in [6, 6.07) is 10.9. The van der Waals surface area contributed by atoms with Gasteiger partial charge in [-0.25, -0.2) is 4.79 Å². The molecule has 1 saturated carbocycles. The molecule has 1 heterocycles. The molecule has 1 atom stereocenters. The second-order valence-corrected chi connectivity index (χ2v) is 10.0. The van der Waals surface area contributed by atoms with E-state index in [0.717, 1.165) is 25.0 Å².